The maximum Gasteiger partial charge on any atom is 0.274 e. The molecule has 0 radical (unpaired) electrons. The lowest BCUT2D eigenvalue weighted by Gasteiger charge is -2.33. The van der Waals surface area contributed by atoms with E-state index in [0.717, 1.165) is 44.7 Å². The van der Waals surface area contributed by atoms with Crippen LogP contribution in [0.4, 0.5) is 5.82 Å². The number of aromatic nitrogens is 1. The number of nitrogens with zero attached hydrogens (tertiary/aromatic N) is 4. The number of carbonyl (C=O) groups excluding carboxylic acids is 2. The molecular formula is C25H33N5O3. The third-order valence-electron chi connectivity index (χ3n) is 6.20. The molecule has 2 aliphatic heterocycles. The minimum Gasteiger partial charge on any atom is -0.472 e. The lowest BCUT2D eigenvalue weighted by Crippen LogP contribution is -2.45. The standard InChI is InChI=1S/C25H33N5O3/c1-28-16-18-29(19-17-28)14-7-13-26-22(31)11-6-15-30-24-21(10-5-12-27-24)33-23(25(30)32)20-8-3-2-4-9-20/h2-5,8-10,12,23H,6-7,11,13-19H2,1H3,(H,26,31). The number of anilines is 1. The van der Waals surface area contributed by atoms with E-state index in [2.05, 4.69) is 27.1 Å². The minimum atomic E-state index is -0.702. The molecule has 0 saturated carbocycles. The fourth-order valence-electron chi connectivity index (χ4n) is 4.24. The lowest BCUT2D eigenvalue weighted by molar-refractivity contribution is -0.127. The highest BCUT2D eigenvalue weighted by Crippen LogP contribution is 2.37. The summed E-state index contributed by atoms with van der Waals surface area (Å²) >= 11 is 0. The van der Waals surface area contributed by atoms with Crippen molar-refractivity contribution in [2.45, 2.75) is 25.4 Å². The van der Waals surface area contributed by atoms with Crippen molar-refractivity contribution >= 4 is 17.6 Å². The lowest BCUT2D eigenvalue weighted by atomic mass is 10.1. The van der Waals surface area contributed by atoms with Gasteiger partial charge in [0, 0.05) is 57.4 Å². The van der Waals surface area contributed by atoms with Gasteiger partial charge in [0.15, 0.2) is 11.6 Å². The van der Waals surface area contributed by atoms with E-state index >= 15 is 0 Å². The molecule has 0 bridgehead atoms. The molecule has 8 heteroatoms. The highest BCUT2D eigenvalue weighted by atomic mass is 16.5. The van der Waals surface area contributed by atoms with Gasteiger partial charge in [-0.25, -0.2) is 4.98 Å². The molecule has 1 unspecified atom stereocenters. The zero-order chi connectivity index (χ0) is 23.0. The smallest absolute Gasteiger partial charge is 0.274 e. The zero-order valence-corrected chi connectivity index (χ0v) is 19.3. The number of hydrogen-bond donors (Lipinski definition) is 1. The van der Waals surface area contributed by atoms with Crippen LogP contribution in [0.25, 0.3) is 0 Å². The van der Waals surface area contributed by atoms with Gasteiger partial charge in [0.25, 0.3) is 5.91 Å². The molecule has 1 saturated heterocycles. The van der Waals surface area contributed by atoms with Crippen molar-refractivity contribution in [2.75, 3.05) is 57.8 Å². The largest absolute Gasteiger partial charge is 0.472 e. The Morgan fingerprint density at radius 3 is 2.64 bits per heavy atom. The number of fused-ring (bicyclic) bond motifs is 1. The fraction of sp³-hybridized carbons (Fsp3) is 0.480. The van der Waals surface area contributed by atoms with Crippen molar-refractivity contribution in [3.63, 3.8) is 0 Å². The average molecular weight is 452 g/mol. The van der Waals surface area contributed by atoms with Crippen molar-refractivity contribution in [1.82, 2.24) is 20.1 Å². The highest BCUT2D eigenvalue weighted by Gasteiger charge is 2.36. The Kier molecular flexibility index (Phi) is 7.91. The summed E-state index contributed by atoms with van der Waals surface area (Å²) in [6.07, 6.45) is 2.84. The molecule has 1 aromatic carbocycles. The van der Waals surface area contributed by atoms with E-state index in [-0.39, 0.29) is 11.8 Å². The molecule has 3 heterocycles. The van der Waals surface area contributed by atoms with E-state index in [0.29, 0.717) is 37.5 Å². The Bertz CT molecular complexity index is 931. The van der Waals surface area contributed by atoms with Crippen LogP contribution in [-0.2, 0) is 9.59 Å². The number of hydrogen-bond acceptors (Lipinski definition) is 6. The second-order valence-electron chi connectivity index (χ2n) is 8.68. The predicted molar refractivity (Wildman–Crippen MR) is 127 cm³/mol. The van der Waals surface area contributed by atoms with Gasteiger partial charge in [-0.15, -0.1) is 0 Å². The maximum absolute atomic E-state index is 13.2. The van der Waals surface area contributed by atoms with Crippen LogP contribution in [0.2, 0.25) is 0 Å². The molecule has 33 heavy (non-hydrogen) atoms. The number of piperazine rings is 1. The molecule has 4 rings (SSSR count). The Labute approximate surface area is 195 Å². The van der Waals surface area contributed by atoms with Crippen LogP contribution in [-0.4, -0.2) is 79.5 Å². The highest BCUT2D eigenvalue weighted by molar-refractivity contribution is 5.99. The van der Waals surface area contributed by atoms with Crippen molar-refractivity contribution < 1.29 is 14.3 Å². The van der Waals surface area contributed by atoms with E-state index in [1.165, 1.54) is 0 Å². The van der Waals surface area contributed by atoms with Crippen LogP contribution in [0.3, 0.4) is 0 Å². The van der Waals surface area contributed by atoms with Gasteiger partial charge in [-0.2, -0.15) is 0 Å². The van der Waals surface area contributed by atoms with Crippen LogP contribution >= 0.6 is 0 Å². The predicted octanol–water partition coefficient (Wildman–Crippen LogP) is 2.08. The summed E-state index contributed by atoms with van der Waals surface area (Å²) in [6.45, 7) is 6.52. The van der Waals surface area contributed by atoms with Gasteiger partial charge in [-0.3, -0.25) is 14.5 Å². The molecule has 1 N–H and O–H groups in total. The van der Waals surface area contributed by atoms with Gasteiger partial charge in [-0.05, 0) is 38.6 Å². The average Bonchev–Trinajstić information content (AvgIpc) is 2.84. The monoisotopic (exact) mass is 451 g/mol. The first kappa shape index (κ1) is 23.2. The molecule has 176 valence electrons. The summed E-state index contributed by atoms with van der Waals surface area (Å²) in [4.78, 5) is 36.3. The van der Waals surface area contributed by atoms with Crippen molar-refractivity contribution in [3.8, 4) is 5.75 Å². The number of carbonyl (C=O) groups is 2. The first-order chi connectivity index (χ1) is 16.1. The summed E-state index contributed by atoms with van der Waals surface area (Å²) < 4.78 is 5.97. The second kappa shape index (κ2) is 11.2. The summed E-state index contributed by atoms with van der Waals surface area (Å²) in [5, 5.41) is 3.01. The Morgan fingerprint density at radius 2 is 1.85 bits per heavy atom. The topological polar surface area (TPSA) is 78.0 Å². The number of nitrogens with one attached hydrogen (secondary N) is 1. The Balaban J connectivity index is 1.25. The SMILES string of the molecule is CN1CCN(CCCNC(=O)CCCN2C(=O)C(c3ccccc3)Oc3cccnc32)CC1. The van der Waals surface area contributed by atoms with E-state index in [9.17, 15) is 9.59 Å². The number of likely N-dealkylation sites (N-methyl/N-ethyl adjacent to an activating group) is 1. The van der Waals surface area contributed by atoms with E-state index in [1.807, 2.05) is 36.4 Å². The zero-order valence-electron chi connectivity index (χ0n) is 19.3. The molecule has 1 atom stereocenters. The summed E-state index contributed by atoms with van der Waals surface area (Å²) in [6, 6.07) is 13.1. The molecule has 1 aromatic heterocycles. The first-order valence-electron chi connectivity index (χ1n) is 11.8. The Hall–Kier alpha value is -2.97. The molecule has 2 amide bonds. The molecular weight excluding hydrogens is 418 g/mol. The normalized spacial score (nSPS) is 19.1. The Morgan fingerprint density at radius 1 is 1.06 bits per heavy atom. The third-order valence-corrected chi connectivity index (χ3v) is 6.20. The quantitative estimate of drug-likeness (QED) is 0.589. The van der Waals surface area contributed by atoms with Crippen LogP contribution in [0.5, 0.6) is 5.75 Å². The van der Waals surface area contributed by atoms with Crippen LogP contribution in [0.1, 0.15) is 30.9 Å². The number of rotatable bonds is 9. The molecule has 1 fully saturated rings. The summed E-state index contributed by atoms with van der Waals surface area (Å²) in [5.41, 5.74) is 0.806. The summed E-state index contributed by atoms with van der Waals surface area (Å²) in [5.74, 6) is 0.969. The first-order valence-corrected chi connectivity index (χ1v) is 11.8. The van der Waals surface area contributed by atoms with Crippen LogP contribution in [0, 0.1) is 0 Å². The van der Waals surface area contributed by atoms with Gasteiger partial charge >= 0.3 is 0 Å². The number of amides is 2. The van der Waals surface area contributed by atoms with Gasteiger partial charge in [0.2, 0.25) is 12.0 Å². The van der Waals surface area contributed by atoms with Gasteiger partial charge in [0.05, 0.1) is 0 Å². The number of pyridine rings is 1. The van der Waals surface area contributed by atoms with E-state index in [1.54, 1.807) is 17.2 Å². The van der Waals surface area contributed by atoms with Crippen LogP contribution in [0.15, 0.2) is 48.7 Å². The van der Waals surface area contributed by atoms with Gasteiger partial charge in [0.1, 0.15) is 0 Å². The van der Waals surface area contributed by atoms with Crippen LogP contribution < -0.4 is 15.0 Å². The summed E-state index contributed by atoms with van der Waals surface area (Å²) in [7, 11) is 2.15. The van der Waals surface area contributed by atoms with E-state index < -0.39 is 6.10 Å². The van der Waals surface area contributed by atoms with Crippen molar-refractivity contribution in [2.24, 2.45) is 0 Å². The fourth-order valence-corrected chi connectivity index (χ4v) is 4.24. The molecule has 2 aromatic rings. The van der Waals surface area contributed by atoms with Gasteiger partial charge in [-0.1, -0.05) is 30.3 Å². The second-order valence-corrected chi connectivity index (χ2v) is 8.68. The number of benzene rings is 1. The number of ether oxygens (including phenoxy) is 1. The molecule has 0 aliphatic carbocycles. The van der Waals surface area contributed by atoms with Crippen molar-refractivity contribution in [3.05, 3.63) is 54.2 Å². The van der Waals surface area contributed by atoms with Crippen molar-refractivity contribution in [1.29, 1.82) is 0 Å². The molecule has 2 aliphatic rings. The van der Waals surface area contributed by atoms with E-state index in [4.69, 9.17) is 4.74 Å². The third kappa shape index (κ3) is 6.09. The molecule has 8 nitrogen and oxygen atoms in total. The molecule has 0 spiro atoms. The minimum absolute atomic E-state index is 0.0231. The maximum atomic E-state index is 13.2. The van der Waals surface area contributed by atoms with Gasteiger partial charge < -0.3 is 19.9 Å².